The van der Waals surface area contributed by atoms with Crippen LogP contribution in [0.5, 0.6) is 0 Å². The molecule has 25 heavy (non-hydrogen) atoms. The quantitative estimate of drug-likeness (QED) is 0.719. The first-order valence-corrected chi connectivity index (χ1v) is 6.95. The lowest BCUT2D eigenvalue weighted by Gasteiger charge is -2.16. The summed E-state index contributed by atoms with van der Waals surface area (Å²) < 4.78 is 55.8. The van der Waals surface area contributed by atoms with E-state index < -0.39 is 45.6 Å². The Hall–Kier alpha value is -3.16. The van der Waals surface area contributed by atoms with Gasteiger partial charge in [0.05, 0.1) is 16.6 Å². The highest BCUT2D eigenvalue weighted by molar-refractivity contribution is 5.94. The summed E-state index contributed by atoms with van der Waals surface area (Å²) in [5.74, 6) is -6.16. The summed E-state index contributed by atoms with van der Waals surface area (Å²) in [6.07, 6.45) is 0.799. The molecule has 0 fully saturated rings. The van der Waals surface area contributed by atoms with Crippen molar-refractivity contribution < 1.29 is 27.5 Å². The van der Waals surface area contributed by atoms with E-state index in [4.69, 9.17) is 5.11 Å². The van der Waals surface area contributed by atoms with Crippen LogP contribution in [-0.4, -0.2) is 15.6 Å². The van der Waals surface area contributed by atoms with Crippen LogP contribution in [0.1, 0.15) is 15.9 Å². The smallest absolute Gasteiger partial charge is 0.341 e. The molecule has 128 valence electrons. The second-order valence-corrected chi connectivity index (χ2v) is 5.34. The Morgan fingerprint density at radius 2 is 1.76 bits per heavy atom. The third kappa shape index (κ3) is 2.55. The topological polar surface area (TPSA) is 59.3 Å². The van der Waals surface area contributed by atoms with Crippen molar-refractivity contribution in [3.8, 4) is 5.69 Å². The van der Waals surface area contributed by atoms with E-state index in [1.807, 2.05) is 0 Å². The minimum atomic E-state index is -1.62. The van der Waals surface area contributed by atoms with Crippen LogP contribution >= 0.6 is 0 Å². The molecule has 1 N–H and O–H groups in total. The van der Waals surface area contributed by atoms with Crippen molar-refractivity contribution in [2.45, 2.75) is 6.92 Å². The molecule has 0 aliphatic carbocycles. The molecule has 0 saturated carbocycles. The van der Waals surface area contributed by atoms with Crippen molar-refractivity contribution in [1.82, 2.24) is 4.57 Å². The first-order valence-electron chi connectivity index (χ1n) is 6.95. The van der Waals surface area contributed by atoms with E-state index in [9.17, 15) is 27.2 Å². The minimum absolute atomic E-state index is 0.209. The summed E-state index contributed by atoms with van der Waals surface area (Å²) in [4.78, 5) is 23.6. The molecule has 0 saturated heterocycles. The second-order valence-electron chi connectivity index (χ2n) is 5.34. The lowest BCUT2D eigenvalue weighted by molar-refractivity contribution is 0.0695. The summed E-state index contributed by atoms with van der Waals surface area (Å²) in [6.45, 7) is 1.17. The molecule has 0 amide bonds. The molecular weight excluding hydrogens is 342 g/mol. The van der Waals surface area contributed by atoms with Gasteiger partial charge >= 0.3 is 5.97 Å². The Morgan fingerprint density at radius 3 is 2.36 bits per heavy atom. The Kier molecular flexibility index (Phi) is 3.82. The number of halogens is 4. The maximum Gasteiger partial charge on any atom is 0.341 e. The molecule has 8 heteroatoms. The fraction of sp³-hybridized carbons (Fsp3) is 0.0588. The number of aryl methyl sites for hydroxylation is 1. The van der Waals surface area contributed by atoms with Gasteiger partial charge < -0.3 is 9.67 Å². The number of hydrogen-bond acceptors (Lipinski definition) is 2. The van der Waals surface area contributed by atoms with Crippen LogP contribution in [0, 0.1) is 30.2 Å². The zero-order valence-electron chi connectivity index (χ0n) is 12.6. The molecular formula is C17H9F4NO3. The zero-order chi connectivity index (χ0) is 18.5. The standard InChI is InChI=1S/C17H9F4NO3/c1-7-14(21)12(20)5-9-15(7)22(6-10(16(9)23)17(24)25)13-3-2-8(18)4-11(13)19/h2-6H,1H3,(H,24,25). The van der Waals surface area contributed by atoms with E-state index in [-0.39, 0.29) is 16.8 Å². The number of carboxylic acid groups (broad SMARTS) is 1. The first-order chi connectivity index (χ1) is 11.7. The van der Waals surface area contributed by atoms with Crippen molar-refractivity contribution in [2.75, 3.05) is 0 Å². The van der Waals surface area contributed by atoms with Crippen molar-refractivity contribution >= 4 is 16.9 Å². The lowest BCUT2D eigenvalue weighted by Crippen LogP contribution is -2.20. The van der Waals surface area contributed by atoms with E-state index in [0.717, 1.165) is 22.9 Å². The largest absolute Gasteiger partial charge is 0.477 e. The van der Waals surface area contributed by atoms with Crippen molar-refractivity contribution in [2.24, 2.45) is 0 Å². The van der Waals surface area contributed by atoms with Gasteiger partial charge in [-0.2, -0.15) is 0 Å². The van der Waals surface area contributed by atoms with Crippen LogP contribution in [0.3, 0.4) is 0 Å². The molecule has 4 nitrogen and oxygen atoms in total. The fourth-order valence-corrected chi connectivity index (χ4v) is 2.64. The summed E-state index contributed by atoms with van der Waals surface area (Å²) in [5, 5.41) is 8.74. The molecule has 0 aliphatic rings. The van der Waals surface area contributed by atoms with Gasteiger partial charge in [0.15, 0.2) is 11.6 Å². The number of pyridine rings is 1. The predicted molar refractivity (Wildman–Crippen MR) is 81.1 cm³/mol. The van der Waals surface area contributed by atoms with Crippen LogP contribution in [0.25, 0.3) is 16.6 Å². The van der Waals surface area contributed by atoms with Gasteiger partial charge in [-0.05, 0) is 25.1 Å². The van der Waals surface area contributed by atoms with Gasteiger partial charge in [0.1, 0.15) is 17.2 Å². The van der Waals surface area contributed by atoms with E-state index in [1.165, 1.54) is 6.92 Å². The molecule has 0 bridgehead atoms. The van der Waals surface area contributed by atoms with Gasteiger partial charge in [0, 0.05) is 17.8 Å². The van der Waals surface area contributed by atoms with E-state index in [1.54, 1.807) is 0 Å². The van der Waals surface area contributed by atoms with Gasteiger partial charge in [-0.3, -0.25) is 4.79 Å². The Bertz CT molecular complexity index is 1110. The van der Waals surface area contributed by atoms with E-state index in [2.05, 4.69) is 0 Å². The van der Waals surface area contributed by atoms with Crippen molar-refractivity contribution in [1.29, 1.82) is 0 Å². The SMILES string of the molecule is Cc1c(F)c(F)cc2c(=O)c(C(=O)O)cn(-c3ccc(F)cc3F)c12. The molecule has 0 atom stereocenters. The maximum atomic E-state index is 14.2. The number of aromatic carboxylic acids is 1. The van der Waals surface area contributed by atoms with Gasteiger partial charge in [-0.25, -0.2) is 22.4 Å². The monoisotopic (exact) mass is 351 g/mol. The number of nitrogens with zero attached hydrogens (tertiary/aromatic N) is 1. The molecule has 0 spiro atoms. The number of carboxylic acids is 1. The molecule has 1 heterocycles. The van der Waals surface area contributed by atoms with E-state index >= 15 is 0 Å². The van der Waals surface area contributed by atoms with Crippen LogP contribution in [0.4, 0.5) is 17.6 Å². The average molecular weight is 351 g/mol. The number of fused-ring (bicyclic) bond motifs is 1. The molecule has 0 radical (unpaired) electrons. The normalized spacial score (nSPS) is 11.1. The van der Waals surface area contributed by atoms with Crippen LogP contribution in [0.2, 0.25) is 0 Å². The van der Waals surface area contributed by atoms with E-state index in [0.29, 0.717) is 12.1 Å². The maximum absolute atomic E-state index is 14.2. The van der Waals surface area contributed by atoms with Crippen molar-refractivity contribution in [3.05, 3.63) is 75.1 Å². The highest BCUT2D eigenvalue weighted by atomic mass is 19.2. The fourth-order valence-electron chi connectivity index (χ4n) is 2.64. The molecule has 0 aliphatic heterocycles. The number of aromatic nitrogens is 1. The van der Waals surface area contributed by atoms with Crippen LogP contribution < -0.4 is 5.43 Å². The third-order valence-corrected chi connectivity index (χ3v) is 3.81. The third-order valence-electron chi connectivity index (χ3n) is 3.81. The zero-order valence-corrected chi connectivity index (χ0v) is 12.6. The second kappa shape index (κ2) is 5.73. The number of rotatable bonds is 2. The summed E-state index contributed by atoms with van der Waals surface area (Å²) in [7, 11) is 0. The Labute approximate surface area is 137 Å². The number of carbonyl (C=O) groups is 1. The summed E-state index contributed by atoms with van der Waals surface area (Å²) in [5.41, 5.74) is -2.64. The van der Waals surface area contributed by atoms with Crippen molar-refractivity contribution in [3.63, 3.8) is 0 Å². The molecule has 3 aromatic rings. The molecule has 3 rings (SSSR count). The highest BCUT2D eigenvalue weighted by Crippen LogP contribution is 2.26. The summed E-state index contributed by atoms with van der Waals surface area (Å²) in [6, 6.07) is 3.03. The molecule has 2 aromatic carbocycles. The Morgan fingerprint density at radius 1 is 1.08 bits per heavy atom. The van der Waals surface area contributed by atoms with Gasteiger partial charge in [0.25, 0.3) is 0 Å². The highest BCUT2D eigenvalue weighted by Gasteiger charge is 2.21. The van der Waals surface area contributed by atoms with Crippen LogP contribution in [0.15, 0.2) is 35.3 Å². The first kappa shape index (κ1) is 16.7. The van der Waals surface area contributed by atoms with Crippen LogP contribution in [-0.2, 0) is 0 Å². The average Bonchev–Trinajstić information content (AvgIpc) is 2.54. The lowest BCUT2D eigenvalue weighted by atomic mass is 10.1. The number of benzene rings is 2. The molecule has 1 aromatic heterocycles. The predicted octanol–water partition coefficient (Wildman–Crippen LogP) is 3.55. The van der Waals surface area contributed by atoms with Gasteiger partial charge in [-0.15, -0.1) is 0 Å². The summed E-state index contributed by atoms with van der Waals surface area (Å²) >= 11 is 0. The Balaban J connectivity index is 2.57. The van der Waals surface area contributed by atoms with Gasteiger partial charge in [-0.1, -0.05) is 0 Å². The van der Waals surface area contributed by atoms with Gasteiger partial charge in [0.2, 0.25) is 5.43 Å². The number of hydrogen-bond donors (Lipinski definition) is 1. The minimum Gasteiger partial charge on any atom is -0.477 e. The molecule has 0 unspecified atom stereocenters.